The van der Waals surface area contributed by atoms with E-state index in [2.05, 4.69) is 0 Å². The van der Waals surface area contributed by atoms with Crippen LogP contribution in [0, 0.1) is 0 Å². The Balaban J connectivity index is 1.82. The lowest BCUT2D eigenvalue weighted by Crippen LogP contribution is -2.41. The summed E-state index contributed by atoms with van der Waals surface area (Å²) in [5, 5.41) is 9.69. The average molecular weight is 278 g/mol. The van der Waals surface area contributed by atoms with Crippen molar-refractivity contribution in [2.45, 2.75) is 25.4 Å². The zero-order chi connectivity index (χ0) is 14.4. The van der Waals surface area contributed by atoms with E-state index in [-0.39, 0.29) is 24.2 Å². The van der Waals surface area contributed by atoms with Gasteiger partial charge in [-0.1, -0.05) is 18.2 Å². The molecule has 0 radical (unpaired) electrons. The molecule has 20 heavy (non-hydrogen) atoms. The highest BCUT2D eigenvalue weighted by Gasteiger charge is 2.23. The van der Waals surface area contributed by atoms with Gasteiger partial charge >= 0.3 is 0 Å². The average Bonchev–Trinajstić information content (AvgIpc) is 2.48. The number of hydrogen-bond acceptors (Lipinski definition) is 4. The van der Waals surface area contributed by atoms with E-state index < -0.39 is 0 Å². The van der Waals surface area contributed by atoms with Gasteiger partial charge in [0.1, 0.15) is 5.75 Å². The molecular weight excluding hydrogens is 256 g/mol. The molecule has 3 N–H and O–H groups in total. The molecule has 0 atom stereocenters. The smallest absolute Gasteiger partial charge is 0.227 e. The van der Waals surface area contributed by atoms with E-state index in [9.17, 15) is 9.90 Å². The number of carbonyl (C=O) groups excluding carboxylic acids is 1. The van der Waals surface area contributed by atoms with Gasteiger partial charge in [0.25, 0.3) is 0 Å². The third-order valence-electron chi connectivity index (χ3n) is 3.60. The maximum Gasteiger partial charge on any atom is 0.227 e. The van der Waals surface area contributed by atoms with E-state index >= 15 is 0 Å². The second-order valence-corrected chi connectivity index (χ2v) is 5.05. The van der Waals surface area contributed by atoms with Crippen LogP contribution in [0.5, 0.6) is 5.75 Å². The first-order chi connectivity index (χ1) is 9.70. The molecule has 1 aromatic carbocycles. The van der Waals surface area contributed by atoms with E-state index in [1.54, 1.807) is 18.2 Å². The maximum atomic E-state index is 12.2. The first-order valence-electron chi connectivity index (χ1n) is 7.07. The Morgan fingerprint density at radius 2 is 2.05 bits per heavy atom. The molecule has 0 saturated carbocycles. The van der Waals surface area contributed by atoms with E-state index in [0.717, 1.165) is 12.8 Å². The number of para-hydroxylation sites is 1. The molecule has 0 aliphatic carbocycles. The fraction of sp³-hybridized carbons (Fsp3) is 0.533. The lowest BCUT2D eigenvalue weighted by Gasteiger charge is -2.32. The summed E-state index contributed by atoms with van der Waals surface area (Å²) in [6, 6.07) is 6.97. The Kier molecular flexibility index (Phi) is 5.38. The monoisotopic (exact) mass is 278 g/mol. The number of carbonyl (C=O) groups is 1. The minimum Gasteiger partial charge on any atom is -0.508 e. The Hall–Kier alpha value is -1.59. The van der Waals surface area contributed by atoms with Crippen LogP contribution in [0.15, 0.2) is 24.3 Å². The predicted octanol–water partition coefficient (Wildman–Crippen LogP) is 0.901. The normalized spacial score (nSPS) is 16.4. The number of amides is 1. The largest absolute Gasteiger partial charge is 0.508 e. The zero-order valence-electron chi connectivity index (χ0n) is 11.6. The van der Waals surface area contributed by atoms with Crippen molar-refractivity contribution in [2.24, 2.45) is 5.73 Å². The molecule has 1 amide bonds. The van der Waals surface area contributed by atoms with Gasteiger partial charge in [0.15, 0.2) is 0 Å². The third kappa shape index (κ3) is 3.95. The van der Waals surface area contributed by atoms with Crippen LogP contribution in [0.3, 0.4) is 0 Å². The number of hydrogen-bond donors (Lipinski definition) is 2. The van der Waals surface area contributed by atoms with Crippen LogP contribution in [0.25, 0.3) is 0 Å². The van der Waals surface area contributed by atoms with Crippen molar-refractivity contribution >= 4 is 5.91 Å². The predicted molar refractivity (Wildman–Crippen MR) is 76.4 cm³/mol. The first kappa shape index (κ1) is 14.8. The highest BCUT2D eigenvalue weighted by Crippen LogP contribution is 2.19. The minimum absolute atomic E-state index is 0.0591. The zero-order valence-corrected chi connectivity index (χ0v) is 11.6. The number of nitrogens with two attached hydrogens (primary N) is 1. The number of aromatic hydroxyl groups is 1. The Morgan fingerprint density at radius 1 is 1.35 bits per heavy atom. The van der Waals surface area contributed by atoms with Gasteiger partial charge in [0, 0.05) is 25.2 Å². The van der Waals surface area contributed by atoms with Crippen molar-refractivity contribution in [1.29, 1.82) is 0 Å². The standard InChI is InChI=1S/C15H22N2O3/c16-7-10-20-13-5-8-17(9-6-13)15(19)11-12-3-1-2-4-14(12)18/h1-4,13,18H,5-11,16H2. The van der Waals surface area contributed by atoms with E-state index in [1.165, 1.54) is 0 Å². The number of phenols is 1. The molecule has 1 aromatic rings. The van der Waals surface area contributed by atoms with Crippen LogP contribution in [0.4, 0.5) is 0 Å². The van der Waals surface area contributed by atoms with Crippen LogP contribution in [0.2, 0.25) is 0 Å². The van der Waals surface area contributed by atoms with E-state index in [4.69, 9.17) is 10.5 Å². The molecule has 5 nitrogen and oxygen atoms in total. The van der Waals surface area contributed by atoms with Crippen molar-refractivity contribution in [3.63, 3.8) is 0 Å². The summed E-state index contributed by atoms with van der Waals surface area (Å²) < 4.78 is 5.59. The molecule has 1 saturated heterocycles. The van der Waals surface area contributed by atoms with E-state index in [0.29, 0.717) is 31.8 Å². The SMILES string of the molecule is NCCOC1CCN(C(=O)Cc2ccccc2O)CC1. The van der Waals surface area contributed by atoms with Crippen LogP contribution in [-0.2, 0) is 16.0 Å². The highest BCUT2D eigenvalue weighted by molar-refractivity contribution is 5.79. The molecule has 1 heterocycles. The molecule has 0 bridgehead atoms. The van der Waals surface area contributed by atoms with Gasteiger partial charge < -0.3 is 20.5 Å². The van der Waals surface area contributed by atoms with E-state index in [1.807, 2.05) is 11.0 Å². The van der Waals surface area contributed by atoms with Gasteiger partial charge in [-0.05, 0) is 18.9 Å². The van der Waals surface area contributed by atoms with Crippen molar-refractivity contribution in [3.8, 4) is 5.75 Å². The van der Waals surface area contributed by atoms with Gasteiger partial charge in [-0.15, -0.1) is 0 Å². The molecule has 0 spiro atoms. The van der Waals surface area contributed by atoms with Crippen LogP contribution < -0.4 is 5.73 Å². The number of benzene rings is 1. The summed E-state index contributed by atoms with van der Waals surface area (Å²) in [6.07, 6.45) is 2.17. The van der Waals surface area contributed by atoms with Crippen LogP contribution in [0.1, 0.15) is 18.4 Å². The molecule has 1 fully saturated rings. The molecular formula is C15H22N2O3. The van der Waals surface area contributed by atoms with Gasteiger partial charge in [-0.3, -0.25) is 4.79 Å². The fourth-order valence-corrected chi connectivity index (χ4v) is 2.44. The van der Waals surface area contributed by atoms with Crippen molar-refractivity contribution < 1.29 is 14.6 Å². The minimum atomic E-state index is 0.0591. The number of likely N-dealkylation sites (tertiary alicyclic amines) is 1. The van der Waals surface area contributed by atoms with Crippen molar-refractivity contribution in [2.75, 3.05) is 26.2 Å². The highest BCUT2D eigenvalue weighted by atomic mass is 16.5. The number of phenolic OH excluding ortho intramolecular Hbond substituents is 1. The molecule has 110 valence electrons. The van der Waals surface area contributed by atoms with Gasteiger partial charge in [-0.2, -0.15) is 0 Å². The molecule has 0 unspecified atom stereocenters. The second kappa shape index (κ2) is 7.26. The molecule has 2 rings (SSSR count). The van der Waals surface area contributed by atoms with Crippen LogP contribution in [-0.4, -0.2) is 48.3 Å². The van der Waals surface area contributed by atoms with Crippen molar-refractivity contribution in [3.05, 3.63) is 29.8 Å². The summed E-state index contributed by atoms with van der Waals surface area (Å²) in [5.41, 5.74) is 6.09. The Bertz CT molecular complexity index is 442. The molecule has 0 aromatic heterocycles. The summed E-state index contributed by atoms with van der Waals surface area (Å²) >= 11 is 0. The van der Waals surface area contributed by atoms with Gasteiger partial charge in [-0.25, -0.2) is 0 Å². The number of ether oxygens (including phenoxy) is 1. The third-order valence-corrected chi connectivity index (χ3v) is 3.60. The van der Waals surface area contributed by atoms with Crippen molar-refractivity contribution in [1.82, 2.24) is 4.90 Å². The number of rotatable bonds is 5. The molecule has 1 aliphatic rings. The Labute approximate surface area is 119 Å². The topological polar surface area (TPSA) is 75.8 Å². The lowest BCUT2D eigenvalue weighted by molar-refractivity contribution is -0.133. The first-order valence-corrected chi connectivity index (χ1v) is 7.07. The fourth-order valence-electron chi connectivity index (χ4n) is 2.44. The summed E-state index contributed by atoms with van der Waals surface area (Å²) in [7, 11) is 0. The quantitative estimate of drug-likeness (QED) is 0.839. The molecule has 1 aliphatic heterocycles. The van der Waals surface area contributed by atoms with Crippen LogP contribution >= 0.6 is 0 Å². The molecule has 5 heteroatoms. The summed E-state index contributed by atoms with van der Waals surface area (Å²) in [4.78, 5) is 14.0. The lowest BCUT2D eigenvalue weighted by atomic mass is 10.1. The number of nitrogens with zero attached hydrogens (tertiary/aromatic N) is 1. The second-order valence-electron chi connectivity index (χ2n) is 5.05. The maximum absolute atomic E-state index is 12.2. The summed E-state index contributed by atoms with van der Waals surface area (Å²) in [5.74, 6) is 0.241. The van der Waals surface area contributed by atoms with Gasteiger partial charge in [0.05, 0.1) is 19.1 Å². The van der Waals surface area contributed by atoms with Gasteiger partial charge in [0.2, 0.25) is 5.91 Å². The Morgan fingerprint density at radius 3 is 2.70 bits per heavy atom. The summed E-state index contributed by atoms with van der Waals surface area (Å²) in [6.45, 7) is 2.53. The number of piperidine rings is 1.